The van der Waals surface area contributed by atoms with Crippen molar-refractivity contribution >= 4 is 62.5 Å². The summed E-state index contributed by atoms with van der Waals surface area (Å²) in [5.74, 6) is 0.534. The molecule has 0 N–H and O–H groups in total. The van der Waals surface area contributed by atoms with Gasteiger partial charge in [-0.2, -0.15) is 0 Å². The second-order valence-corrected chi connectivity index (χ2v) is 13.7. The van der Waals surface area contributed by atoms with E-state index in [0.717, 1.165) is 27.6 Å². The Bertz CT molecular complexity index is 1950. The van der Waals surface area contributed by atoms with Gasteiger partial charge in [-0.15, -0.1) is 0 Å². The zero-order valence-electron chi connectivity index (χ0n) is 25.4. The van der Waals surface area contributed by atoms with Gasteiger partial charge in [-0.05, 0) is 82.2 Å². The number of carbonyl (C=O) groups excluding carboxylic acids is 1. The Kier molecular flexibility index (Phi) is 10.7. The van der Waals surface area contributed by atoms with Crippen molar-refractivity contribution in [3.8, 4) is 5.75 Å². The first-order valence-corrected chi connectivity index (χ1v) is 17.2. The summed E-state index contributed by atoms with van der Waals surface area (Å²) in [6.07, 6.45) is 3.22. The minimum atomic E-state index is -0.646. The normalized spacial score (nSPS) is 14.8. The standard InChI is InChI=1S/C35H33BrCl2N2O4S/c1-5-7-28-31(34(42)43-6-2)32(23-11-9-22(10-12-23)20(3)4)40-33(41)30(45-35(40)39-28)17-21-8-15-29(26(36)16-21)44-19-24-13-14-25(37)18-27(24)38/h8-18,20,32H,5-7,19H2,1-4H3/b30-17-/t32-/m0/s1. The van der Waals surface area contributed by atoms with Gasteiger partial charge in [0.25, 0.3) is 5.56 Å². The molecule has 2 heterocycles. The topological polar surface area (TPSA) is 69.9 Å². The third-order valence-corrected chi connectivity index (χ3v) is 9.65. The first-order chi connectivity index (χ1) is 21.6. The Morgan fingerprint density at radius 3 is 2.49 bits per heavy atom. The van der Waals surface area contributed by atoms with Gasteiger partial charge in [-0.1, -0.05) is 98.1 Å². The van der Waals surface area contributed by atoms with Crippen LogP contribution in [0.25, 0.3) is 6.08 Å². The molecule has 0 amide bonds. The van der Waals surface area contributed by atoms with Crippen LogP contribution in [0.1, 0.15) is 74.8 Å². The second-order valence-electron chi connectivity index (χ2n) is 10.9. The van der Waals surface area contributed by atoms with E-state index in [1.54, 1.807) is 23.6 Å². The van der Waals surface area contributed by atoms with E-state index in [4.69, 9.17) is 37.7 Å². The Labute approximate surface area is 284 Å². The van der Waals surface area contributed by atoms with Gasteiger partial charge >= 0.3 is 5.97 Å². The predicted octanol–water partition coefficient (Wildman–Crippen LogP) is 8.35. The molecule has 1 aromatic heterocycles. The van der Waals surface area contributed by atoms with Crippen LogP contribution in [0.2, 0.25) is 10.0 Å². The van der Waals surface area contributed by atoms with Gasteiger partial charge in [-0.3, -0.25) is 9.36 Å². The van der Waals surface area contributed by atoms with Gasteiger partial charge in [0.15, 0.2) is 4.80 Å². The van der Waals surface area contributed by atoms with E-state index < -0.39 is 12.0 Å². The lowest BCUT2D eigenvalue weighted by Gasteiger charge is -2.26. The number of hydrogen-bond acceptors (Lipinski definition) is 6. The number of fused-ring (bicyclic) bond motifs is 1. The highest BCUT2D eigenvalue weighted by Crippen LogP contribution is 2.33. The molecule has 10 heteroatoms. The number of rotatable bonds is 10. The quantitative estimate of drug-likeness (QED) is 0.154. The largest absolute Gasteiger partial charge is 0.488 e. The van der Waals surface area contributed by atoms with Crippen LogP contribution in [-0.2, 0) is 16.1 Å². The van der Waals surface area contributed by atoms with Crippen LogP contribution in [0.4, 0.5) is 0 Å². The smallest absolute Gasteiger partial charge is 0.338 e. The molecule has 0 aliphatic carbocycles. The maximum atomic E-state index is 14.1. The number of nitrogens with zero attached hydrogens (tertiary/aromatic N) is 2. The highest BCUT2D eigenvalue weighted by molar-refractivity contribution is 9.10. The maximum absolute atomic E-state index is 14.1. The van der Waals surface area contributed by atoms with Crippen molar-refractivity contribution in [2.45, 2.75) is 59.1 Å². The third kappa shape index (κ3) is 7.30. The molecule has 6 nitrogen and oxygen atoms in total. The van der Waals surface area contributed by atoms with Crippen LogP contribution in [0.15, 0.2) is 86.2 Å². The number of hydrogen-bond donors (Lipinski definition) is 0. The van der Waals surface area contributed by atoms with Crippen molar-refractivity contribution in [2.75, 3.05) is 6.61 Å². The lowest BCUT2D eigenvalue weighted by molar-refractivity contribution is -0.139. The second kappa shape index (κ2) is 14.5. The molecule has 4 aromatic rings. The molecule has 1 aliphatic rings. The molecule has 0 saturated heterocycles. The minimum absolute atomic E-state index is 0.220. The van der Waals surface area contributed by atoms with Crippen molar-refractivity contribution < 1.29 is 14.3 Å². The van der Waals surface area contributed by atoms with E-state index in [0.29, 0.717) is 48.7 Å². The van der Waals surface area contributed by atoms with Gasteiger partial charge in [0.1, 0.15) is 12.4 Å². The average molecular weight is 729 g/mol. The average Bonchev–Trinajstić information content (AvgIpc) is 3.31. The fraction of sp³-hybridized carbons (Fsp3) is 0.286. The number of allylic oxidation sites excluding steroid dienone is 1. The maximum Gasteiger partial charge on any atom is 0.338 e. The molecule has 3 aromatic carbocycles. The molecule has 234 valence electrons. The fourth-order valence-corrected chi connectivity index (χ4v) is 7.16. The van der Waals surface area contributed by atoms with Crippen molar-refractivity contribution in [3.63, 3.8) is 0 Å². The molecule has 5 rings (SSSR count). The number of aromatic nitrogens is 1. The van der Waals surface area contributed by atoms with E-state index >= 15 is 0 Å². The summed E-state index contributed by atoms with van der Waals surface area (Å²) in [5.41, 5.74) is 4.49. The van der Waals surface area contributed by atoms with Crippen LogP contribution in [0, 0.1) is 0 Å². The summed E-state index contributed by atoms with van der Waals surface area (Å²) in [4.78, 5) is 32.9. The van der Waals surface area contributed by atoms with Crippen molar-refractivity contribution in [2.24, 2.45) is 4.99 Å². The third-order valence-electron chi connectivity index (χ3n) is 7.46. The van der Waals surface area contributed by atoms with Gasteiger partial charge in [0.05, 0.1) is 32.9 Å². The molecule has 0 bridgehead atoms. The van der Waals surface area contributed by atoms with E-state index in [9.17, 15) is 9.59 Å². The summed E-state index contributed by atoms with van der Waals surface area (Å²) < 4.78 is 14.4. The molecular weight excluding hydrogens is 695 g/mol. The summed E-state index contributed by atoms with van der Waals surface area (Å²) in [5, 5.41) is 1.10. The summed E-state index contributed by atoms with van der Waals surface area (Å²) >= 11 is 17.2. The molecule has 0 spiro atoms. The highest BCUT2D eigenvalue weighted by atomic mass is 79.9. The van der Waals surface area contributed by atoms with Gasteiger partial charge in [0, 0.05) is 15.6 Å². The molecule has 45 heavy (non-hydrogen) atoms. The van der Waals surface area contributed by atoms with Crippen molar-refractivity contribution in [1.82, 2.24) is 4.57 Å². The monoisotopic (exact) mass is 726 g/mol. The number of ether oxygens (including phenoxy) is 2. The first kappa shape index (κ1) is 33.2. The zero-order valence-corrected chi connectivity index (χ0v) is 29.3. The van der Waals surface area contributed by atoms with Gasteiger partial charge in [0.2, 0.25) is 0 Å². The van der Waals surface area contributed by atoms with Crippen LogP contribution < -0.4 is 19.6 Å². The lowest BCUT2D eigenvalue weighted by atomic mass is 9.92. The van der Waals surface area contributed by atoms with Crippen LogP contribution in [0.3, 0.4) is 0 Å². The minimum Gasteiger partial charge on any atom is -0.488 e. The summed E-state index contributed by atoms with van der Waals surface area (Å²) in [6.45, 7) is 8.59. The van der Waals surface area contributed by atoms with E-state index in [1.807, 2.05) is 49.4 Å². The fourth-order valence-electron chi connectivity index (χ4n) is 5.17. The van der Waals surface area contributed by atoms with E-state index in [2.05, 4.69) is 41.9 Å². The summed E-state index contributed by atoms with van der Waals surface area (Å²) in [6, 6.07) is 18.4. The predicted molar refractivity (Wildman–Crippen MR) is 185 cm³/mol. The molecule has 0 unspecified atom stereocenters. The number of benzene rings is 3. The molecule has 1 aliphatic heterocycles. The molecular formula is C35H33BrCl2N2O4S. The van der Waals surface area contributed by atoms with Gasteiger partial charge < -0.3 is 9.47 Å². The number of esters is 1. The molecule has 0 saturated carbocycles. The SMILES string of the molecule is CCCC1=C(C(=O)OCC)[C@H](c2ccc(C(C)C)cc2)n2c(s/c(=C\c3ccc(OCc4ccc(Cl)cc4Cl)c(Br)c3)c2=O)=N1. The molecule has 0 radical (unpaired) electrons. The van der Waals surface area contributed by atoms with Crippen LogP contribution in [0.5, 0.6) is 5.75 Å². The van der Waals surface area contributed by atoms with E-state index in [-0.39, 0.29) is 18.8 Å². The Morgan fingerprint density at radius 2 is 1.84 bits per heavy atom. The number of carbonyl (C=O) groups is 1. The van der Waals surface area contributed by atoms with Crippen molar-refractivity contribution in [1.29, 1.82) is 0 Å². The summed E-state index contributed by atoms with van der Waals surface area (Å²) in [7, 11) is 0. The lowest BCUT2D eigenvalue weighted by Crippen LogP contribution is -2.40. The molecule has 0 fully saturated rings. The zero-order chi connectivity index (χ0) is 32.2. The number of halogens is 3. The van der Waals surface area contributed by atoms with Gasteiger partial charge in [-0.25, -0.2) is 9.79 Å². The van der Waals surface area contributed by atoms with Crippen LogP contribution in [-0.4, -0.2) is 17.1 Å². The Hall–Kier alpha value is -3.17. The van der Waals surface area contributed by atoms with Crippen LogP contribution >= 0.6 is 50.5 Å². The Morgan fingerprint density at radius 1 is 1.09 bits per heavy atom. The first-order valence-electron chi connectivity index (χ1n) is 14.8. The van der Waals surface area contributed by atoms with E-state index in [1.165, 1.54) is 16.9 Å². The Balaban J connectivity index is 1.55. The number of thiazole rings is 1. The van der Waals surface area contributed by atoms with Crippen molar-refractivity contribution in [3.05, 3.63) is 128 Å². The highest BCUT2D eigenvalue weighted by Gasteiger charge is 2.34. The molecule has 1 atom stereocenters.